The Morgan fingerprint density at radius 3 is 2.38 bits per heavy atom. The van der Waals surface area contributed by atoms with Gasteiger partial charge < -0.3 is 4.55 Å². The zero-order valence-electron chi connectivity index (χ0n) is 10.0. The average Bonchev–Trinajstić information content (AvgIpc) is 2.16. The molecule has 0 bridgehead atoms. The summed E-state index contributed by atoms with van der Waals surface area (Å²) in [6, 6.07) is 4.29. The van der Waals surface area contributed by atoms with E-state index < -0.39 is 10.1 Å². The number of pyridine rings is 1. The van der Waals surface area contributed by atoms with Crippen LogP contribution in [0.4, 0.5) is 0 Å². The molecule has 1 aromatic rings. The van der Waals surface area contributed by atoms with Crippen LogP contribution in [-0.2, 0) is 23.1 Å². The number of aryl methyl sites for hydroxylation is 2. The zero-order valence-corrected chi connectivity index (χ0v) is 10.8. The Balaban J connectivity index is 0.000000385. The summed E-state index contributed by atoms with van der Waals surface area (Å²) in [6.45, 7) is 5.52. The van der Waals surface area contributed by atoms with Gasteiger partial charge in [-0.3, -0.25) is 0 Å². The van der Waals surface area contributed by atoms with E-state index in [2.05, 4.69) is 42.9 Å². The molecule has 0 amide bonds. The predicted octanol–water partition coefficient (Wildman–Crippen LogP) is 1.11. The number of hydrogen-bond acceptors (Lipinski definition) is 3. The van der Waals surface area contributed by atoms with Crippen LogP contribution in [0.5, 0.6) is 0 Å². The van der Waals surface area contributed by atoms with Crippen LogP contribution in [0.1, 0.15) is 25.8 Å². The van der Waals surface area contributed by atoms with Gasteiger partial charge in [0, 0.05) is 24.3 Å². The maximum Gasteiger partial charge on any atom is 0.171 e. The highest BCUT2D eigenvalue weighted by molar-refractivity contribution is 7.84. The Morgan fingerprint density at radius 1 is 1.38 bits per heavy atom. The third-order valence-corrected chi connectivity index (χ3v) is 1.81. The fraction of sp³-hybridized carbons (Fsp3) is 0.545. The Labute approximate surface area is 97.7 Å². The first-order valence-electron chi connectivity index (χ1n) is 5.25. The Hall–Kier alpha value is -0.940. The molecule has 1 rings (SSSR count). The Morgan fingerprint density at radius 2 is 1.94 bits per heavy atom. The van der Waals surface area contributed by atoms with E-state index in [1.807, 2.05) is 0 Å². The van der Waals surface area contributed by atoms with Crippen LogP contribution < -0.4 is 4.57 Å². The van der Waals surface area contributed by atoms with Crippen molar-refractivity contribution in [2.45, 2.75) is 33.2 Å². The highest BCUT2D eigenvalue weighted by atomic mass is 32.2. The third kappa shape index (κ3) is 9.61. The minimum absolute atomic E-state index is 0.604. The van der Waals surface area contributed by atoms with Crippen molar-refractivity contribution in [3.63, 3.8) is 0 Å². The summed E-state index contributed by atoms with van der Waals surface area (Å²) in [6.07, 6.45) is 7.29. The van der Waals surface area contributed by atoms with E-state index in [9.17, 15) is 0 Å². The van der Waals surface area contributed by atoms with Gasteiger partial charge in [0.15, 0.2) is 12.4 Å². The fourth-order valence-corrected chi connectivity index (χ4v) is 1.18. The van der Waals surface area contributed by atoms with Gasteiger partial charge in [-0.05, 0) is 12.5 Å². The van der Waals surface area contributed by atoms with Crippen molar-refractivity contribution in [2.75, 3.05) is 6.26 Å². The van der Waals surface area contributed by atoms with Crippen LogP contribution in [0.25, 0.3) is 0 Å². The molecule has 16 heavy (non-hydrogen) atoms. The maximum atomic E-state index is 9.08. The van der Waals surface area contributed by atoms with Gasteiger partial charge in [0.25, 0.3) is 0 Å². The largest absolute Gasteiger partial charge is 0.748 e. The molecule has 0 unspecified atom stereocenters. The van der Waals surface area contributed by atoms with Gasteiger partial charge in [-0.15, -0.1) is 0 Å². The monoisotopic (exact) mass is 245 g/mol. The molecule has 0 aromatic carbocycles. The summed E-state index contributed by atoms with van der Waals surface area (Å²) in [4.78, 5) is 0. The Bertz CT molecular complexity index is 393. The summed E-state index contributed by atoms with van der Waals surface area (Å²) in [5, 5.41) is 0. The summed E-state index contributed by atoms with van der Waals surface area (Å²) in [5.74, 6) is 0. The highest BCUT2D eigenvalue weighted by Crippen LogP contribution is 1.94. The average molecular weight is 245 g/mol. The molecule has 5 heteroatoms. The first-order valence-corrected chi connectivity index (χ1v) is 7.07. The molecule has 0 aliphatic carbocycles. The summed E-state index contributed by atoms with van der Waals surface area (Å²) >= 11 is 0. The SMILES string of the molecule is CCC[n+]1cccc(CC)c1.CS(=O)(=O)[O-]. The van der Waals surface area contributed by atoms with Crippen molar-refractivity contribution >= 4 is 10.1 Å². The molecule has 0 aliphatic heterocycles. The topological polar surface area (TPSA) is 61.1 Å². The molecule has 4 nitrogen and oxygen atoms in total. The van der Waals surface area contributed by atoms with E-state index in [1.165, 1.54) is 12.0 Å². The van der Waals surface area contributed by atoms with Gasteiger partial charge in [0.05, 0.1) is 10.1 Å². The maximum absolute atomic E-state index is 9.08. The zero-order chi connectivity index (χ0) is 12.6. The lowest BCUT2D eigenvalue weighted by Gasteiger charge is -1.95. The molecule has 0 saturated heterocycles. The van der Waals surface area contributed by atoms with Crippen LogP contribution in [-0.4, -0.2) is 19.2 Å². The fourth-order valence-electron chi connectivity index (χ4n) is 1.18. The summed E-state index contributed by atoms with van der Waals surface area (Å²) in [5.41, 5.74) is 1.42. The van der Waals surface area contributed by atoms with Crippen molar-refractivity contribution in [1.29, 1.82) is 0 Å². The molecule has 0 N–H and O–H groups in total. The summed E-state index contributed by atoms with van der Waals surface area (Å²) in [7, 11) is -3.92. The van der Waals surface area contributed by atoms with Crippen molar-refractivity contribution in [3.8, 4) is 0 Å². The predicted molar refractivity (Wildman–Crippen MR) is 61.9 cm³/mol. The number of hydrogen-bond donors (Lipinski definition) is 0. The lowest BCUT2D eigenvalue weighted by molar-refractivity contribution is -0.697. The van der Waals surface area contributed by atoms with Gasteiger partial charge >= 0.3 is 0 Å². The second-order valence-electron chi connectivity index (χ2n) is 3.51. The van der Waals surface area contributed by atoms with Crippen LogP contribution in [0.3, 0.4) is 0 Å². The minimum Gasteiger partial charge on any atom is -0.748 e. The van der Waals surface area contributed by atoms with E-state index in [4.69, 9.17) is 13.0 Å². The number of nitrogens with zero attached hydrogens (tertiary/aromatic N) is 1. The molecule has 0 fully saturated rings. The highest BCUT2D eigenvalue weighted by Gasteiger charge is 1.97. The number of rotatable bonds is 3. The van der Waals surface area contributed by atoms with E-state index >= 15 is 0 Å². The lowest BCUT2D eigenvalue weighted by atomic mass is 10.2. The first-order chi connectivity index (χ1) is 7.36. The van der Waals surface area contributed by atoms with E-state index in [0.29, 0.717) is 6.26 Å². The third-order valence-electron chi connectivity index (χ3n) is 1.81. The molecule has 0 saturated carbocycles. The minimum atomic E-state index is -3.92. The molecule has 0 radical (unpaired) electrons. The van der Waals surface area contributed by atoms with Crippen LogP contribution in [0.2, 0.25) is 0 Å². The molecular weight excluding hydrogens is 226 g/mol. The van der Waals surface area contributed by atoms with Crippen LogP contribution in [0.15, 0.2) is 24.5 Å². The van der Waals surface area contributed by atoms with Gasteiger partial charge in [0.2, 0.25) is 0 Å². The van der Waals surface area contributed by atoms with Crippen LogP contribution in [0, 0.1) is 0 Å². The molecule has 0 aliphatic rings. The second kappa shape index (κ2) is 7.35. The molecule has 0 atom stereocenters. The Kier molecular flexibility index (Phi) is 6.92. The van der Waals surface area contributed by atoms with Crippen molar-refractivity contribution in [2.24, 2.45) is 0 Å². The van der Waals surface area contributed by atoms with Crippen molar-refractivity contribution < 1.29 is 17.5 Å². The molecular formula is C11H19NO3S. The van der Waals surface area contributed by atoms with Crippen molar-refractivity contribution in [3.05, 3.63) is 30.1 Å². The van der Waals surface area contributed by atoms with E-state index in [0.717, 1.165) is 13.0 Å². The quantitative estimate of drug-likeness (QED) is 0.592. The molecule has 1 heterocycles. The molecule has 0 spiro atoms. The van der Waals surface area contributed by atoms with Gasteiger partial charge in [0.1, 0.15) is 6.54 Å². The van der Waals surface area contributed by atoms with E-state index in [1.54, 1.807) is 0 Å². The van der Waals surface area contributed by atoms with Crippen LogP contribution >= 0.6 is 0 Å². The first kappa shape index (κ1) is 15.1. The lowest BCUT2D eigenvalue weighted by Crippen LogP contribution is -2.32. The smallest absolute Gasteiger partial charge is 0.171 e. The van der Waals surface area contributed by atoms with E-state index in [-0.39, 0.29) is 0 Å². The van der Waals surface area contributed by atoms with Crippen molar-refractivity contribution in [1.82, 2.24) is 0 Å². The normalized spacial score (nSPS) is 10.5. The van der Waals surface area contributed by atoms with Gasteiger partial charge in [-0.25, -0.2) is 13.0 Å². The van der Waals surface area contributed by atoms with Gasteiger partial charge in [-0.2, -0.15) is 0 Å². The van der Waals surface area contributed by atoms with Gasteiger partial charge in [-0.1, -0.05) is 13.8 Å². The molecule has 92 valence electrons. The number of aromatic nitrogens is 1. The molecule has 1 aromatic heterocycles. The standard InChI is InChI=1S/C10H16N.CH4O3S/c1-3-7-11-8-5-6-10(4-2)9-11;1-5(2,3)4/h5-6,8-9H,3-4,7H2,1-2H3;1H3,(H,2,3,4)/q+1;/p-1. The summed E-state index contributed by atoms with van der Waals surface area (Å²) < 4.78 is 29.5. The second-order valence-corrected chi connectivity index (χ2v) is 4.92.